The molecule has 0 fully saturated rings. The topological polar surface area (TPSA) is 78.1 Å². The highest BCUT2D eigenvalue weighted by atomic mass is 32.2. The summed E-state index contributed by atoms with van der Waals surface area (Å²) >= 11 is 1.39. The van der Waals surface area contributed by atoms with Crippen molar-refractivity contribution in [3.63, 3.8) is 0 Å². The monoisotopic (exact) mass is 769 g/mol. The molecule has 310 valence electrons. The van der Waals surface area contributed by atoms with Crippen LogP contribution in [0.3, 0.4) is 0 Å². The van der Waals surface area contributed by atoms with Crippen LogP contribution < -0.4 is 5.32 Å². The average molecular weight is 769 g/mol. The number of imidazole rings is 1. The van der Waals surface area contributed by atoms with Crippen LogP contribution in [0.2, 0.25) is 0 Å². The molecule has 6 nitrogen and oxygen atoms in total. The van der Waals surface area contributed by atoms with Crippen LogP contribution in [0.1, 0.15) is 232 Å². The minimum atomic E-state index is -0.0135. The molecule has 7 heteroatoms. The number of fused-ring (bicyclic) bond motifs is 1. The standard InChI is InChI=1S/C47H84N4O2S/c1-3-5-7-9-11-13-15-17-19-21-23-25-27-29-31-35-41-48-45(52)39-40-46(53)51(54-47-49-43-37-33-34-38-44(43)50-47)42-36-32-30-28-26-24-22-20-18-16-14-12-10-8-6-4-2/h33-34,37-38H,3-32,35-36,39-42H2,1-2H3,(H,48,52)(H,49,50). The number of aromatic amines is 1. The Kier molecular flexibility index (Phi) is 31.5. The van der Waals surface area contributed by atoms with E-state index in [0.717, 1.165) is 35.5 Å². The molecular formula is C47H84N4O2S. The molecule has 2 N–H and O–H groups in total. The van der Waals surface area contributed by atoms with Gasteiger partial charge in [0.15, 0.2) is 5.16 Å². The van der Waals surface area contributed by atoms with Gasteiger partial charge in [0.05, 0.1) is 11.0 Å². The first-order valence-corrected chi connectivity index (χ1v) is 24.1. The molecule has 0 atom stereocenters. The van der Waals surface area contributed by atoms with Gasteiger partial charge >= 0.3 is 0 Å². The third-order valence-electron chi connectivity index (χ3n) is 11.0. The van der Waals surface area contributed by atoms with Gasteiger partial charge in [-0.25, -0.2) is 4.98 Å². The molecular weight excluding hydrogens is 685 g/mol. The lowest BCUT2D eigenvalue weighted by Crippen LogP contribution is -2.29. The second kappa shape index (κ2) is 35.4. The molecule has 54 heavy (non-hydrogen) atoms. The number of carbonyl (C=O) groups is 2. The summed E-state index contributed by atoms with van der Waals surface area (Å²) < 4.78 is 1.84. The van der Waals surface area contributed by atoms with Crippen LogP contribution in [-0.4, -0.2) is 39.2 Å². The molecule has 0 saturated heterocycles. The SMILES string of the molecule is CCCCCCCCCCCCCCCCCCNC(=O)CCC(=O)N(CCCCCCCCCCCCCCCCCC)Sc1nc2ccccc2[nH]1. The highest BCUT2D eigenvalue weighted by Gasteiger charge is 2.18. The molecule has 0 radical (unpaired) electrons. The van der Waals surface area contributed by atoms with E-state index in [-0.39, 0.29) is 24.7 Å². The number of rotatable bonds is 39. The van der Waals surface area contributed by atoms with Gasteiger partial charge in [0, 0.05) is 37.9 Å². The van der Waals surface area contributed by atoms with Crippen molar-refractivity contribution in [1.29, 1.82) is 0 Å². The maximum atomic E-state index is 13.4. The largest absolute Gasteiger partial charge is 0.356 e. The lowest BCUT2D eigenvalue weighted by molar-refractivity contribution is -0.129. The smallest absolute Gasteiger partial charge is 0.233 e. The Morgan fingerprint density at radius 3 is 1.41 bits per heavy atom. The zero-order chi connectivity index (χ0) is 38.6. The molecule has 2 aromatic rings. The fourth-order valence-electron chi connectivity index (χ4n) is 7.44. The zero-order valence-corrected chi connectivity index (χ0v) is 36.2. The Balaban J connectivity index is 1.53. The van der Waals surface area contributed by atoms with E-state index in [1.807, 2.05) is 28.6 Å². The summed E-state index contributed by atoms with van der Waals surface area (Å²) in [5.74, 6) is -0.000574. The molecule has 1 aromatic carbocycles. The van der Waals surface area contributed by atoms with Crippen LogP contribution in [0.15, 0.2) is 29.4 Å². The van der Waals surface area contributed by atoms with Crippen molar-refractivity contribution in [2.24, 2.45) is 0 Å². The number of H-pyrrole nitrogens is 1. The molecule has 1 heterocycles. The number of hydrogen-bond donors (Lipinski definition) is 2. The van der Waals surface area contributed by atoms with Crippen molar-refractivity contribution in [2.75, 3.05) is 13.1 Å². The van der Waals surface area contributed by atoms with Crippen molar-refractivity contribution in [3.05, 3.63) is 24.3 Å². The van der Waals surface area contributed by atoms with Crippen LogP contribution in [0, 0.1) is 0 Å². The molecule has 0 bridgehead atoms. The van der Waals surface area contributed by atoms with Crippen molar-refractivity contribution in [1.82, 2.24) is 19.6 Å². The van der Waals surface area contributed by atoms with Crippen molar-refractivity contribution in [2.45, 2.75) is 237 Å². The Hall–Kier alpha value is -2.02. The van der Waals surface area contributed by atoms with E-state index < -0.39 is 0 Å². The third-order valence-corrected chi connectivity index (χ3v) is 11.9. The van der Waals surface area contributed by atoms with Gasteiger partial charge in [-0.1, -0.05) is 219 Å². The summed E-state index contributed by atoms with van der Waals surface area (Å²) in [5, 5.41) is 3.79. The predicted molar refractivity (Wildman–Crippen MR) is 235 cm³/mol. The van der Waals surface area contributed by atoms with E-state index in [1.165, 1.54) is 198 Å². The van der Waals surface area contributed by atoms with E-state index in [4.69, 9.17) is 4.98 Å². The first-order valence-electron chi connectivity index (χ1n) is 23.3. The lowest BCUT2D eigenvalue weighted by Gasteiger charge is -2.20. The summed E-state index contributed by atoms with van der Waals surface area (Å²) in [7, 11) is 0. The van der Waals surface area contributed by atoms with E-state index in [2.05, 4.69) is 24.1 Å². The molecule has 0 aliphatic carbocycles. The van der Waals surface area contributed by atoms with Gasteiger partial charge in [0.2, 0.25) is 11.8 Å². The number of nitrogens with zero attached hydrogens (tertiary/aromatic N) is 2. The summed E-state index contributed by atoms with van der Waals surface area (Å²) in [4.78, 5) is 34.0. The molecule has 2 rings (SSSR count). The number of aromatic nitrogens is 2. The first-order chi connectivity index (χ1) is 26.6. The second-order valence-electron chi connectivity index (χ2n) is 16.1. The normalized spacial score (nSPS) is 11.4. The molecule has 2 amide bonds. The van der Waals surface area contributed by atoms with Gasteiger partial charge in [0.25, 0.3) is 0 Å². The highest BCUT2D eigenvalue weighted by Crippen LogP contribution is 2.25. The maximum Gasteiger partial charge on any atom is 0.233 e. The molecule has 0 aliphatic heterocycles. The first kappa shape index (κ1) is 48.1. The van der Waals surface area contributed by atoms with Crippen LogP contribution in [0.4, 0.5) is 0 Å². The fourth-order valence-corrected chi connectivity index (χ4v) is 8.35. The summed E-state index contributed by atoms with van der Waals surface area (Å²) in [6.45, 7) is 5.96. The minimum Gasteiger partial charge on any atom is -0.356 e. The summed E-state index contributed by atoms with van der Waals surface area (Å²) in [5.41, 5.74) is 1.88. The molecule has 1 aromatic heterocycles. The van der Waals surface area contributed by atoms with Crippen LogP contribution in [-0.2, 0) is 9.59 Å². The Morgan fingerprint density at radius 2 is 0.963 bits per heavy atom. The molecule has 0 spiro atoms. The van der Waals surface area contributed by atoms with Crippen molar-refractivity contribution in [3.8, 4) is 0 Å². The maximum absolute atomic E-state index is 13.4. The number of carbonyl (C=O) groups excluding carboxylic acids is 2. The van der Waals surface area contributed by atoms with Gasteiger partial charge in [-0.3, -0.25) is 13.9 Å². The number of amides is 2. The van der Waals surface area contributed by atoms with Crippen molar-refractivity contribution < 1.29 is 9.59 Å². The number of unbranched alkanes of at least 4 members (excludes halogenated alkanes) is 30. The second-order valence-corrected chi connectivity index (χ2v) is 17.1. The summed E-state index contributed by atoms with van der Waals surface area (Å²) in [6.07, 6.45) is 43.3. The molecule has 0 aliphatic rings. The van der Waals surface area contributed by atoms with E-state index in [9.17, 15) is 9.59 Å². The summed E-state index contributed by atoms with van der Waals surface area (Å²) in [6, 6.07) is 7.97. The quantitative estimate of drug-likeness (QED) is 0.0524. The van der Waals surface area contributed by atoms with Gasteiger partial charge < -0.3 is 10.3 Å². The minimum absolute atomic E-state index is 0.0129. The Bertz CT molecular complexity index is 1120. The zero-order valence-electron chi connectivity index (χ0n) is 35.4. The number of nitrogens with one attached hydrogen (secondary N) is 2. The van der Waals surface area contributed by atoms with E-state index in [1.54, 1.807) is 0 Å². The van der Waals surface area contributed by atoms with Crippen LogP contribution >= 0.6 is 11.9 Å². The number of benzene rings is 1. The lowest BCUT2D eigenvalue weighted by atomic mass is 10.0. The molecule has 0 saturated carbocycles. The van der Waals surface area contributed by atoms with Crippen LogP contribution in [0.25, 0.3) is 11.0 Å². The Labute approximate surface area is 337 Å². The Morgan fingerprint density at radius 1 is 0.556 bits per heavy atom. The van der Waals surface area contributed by atoms with Gasteiger partial charge in [0.1, 0.15) is 0 Å². The fraction of sp³-hybridized carbons (Fsp3) is 0.809. The average Bonchev–Trinajstić information content (AvgIpc) is 3.60. The number of hydrogen-bond acceptors (Lipinski definition) is 4. The van der Waals surface area contributed by atoms with Gasteiger partial charge in [-0.2, -0.15) is 0 Å². The van der Waals surface area contributed by atoms with Crippen molar-refractivity contribution >= 4 is 34.8 Å². The van der Waals surface area contributed by atoms with E-state index >= 15 is 0 Å². The van der Waals surface area contributed by atoms with E-state index in [0.29, 0.717) is 13.1 Å². The molecule has 0 unspecified atom stereocenters. The highest BCUT2D eigenvalue weighted by molar-refractivity contribution is 7.97. The predicted octanol–water partition coefficient (Wildman–Crippen LogP) is 14.8. The number of para-hydroxylation sites is 2. The van der Waals surface area contributed by atoms with Crippen LogP contribution in [0.5, 0.6) is 0 Å². The van der Waals surface area contributed by atoms with Gasteiger partial charge in [-0.15, -0.1) is 0 Å². The van der Waals surface area contributed by atoms with Gasteiger partial charge in [-0.05, 0) is 25.0 Å². The third kappa shape index (κ3) is 26.7.